The summed E-state index contributed by atoms with van der Waals surface area (Å²) in [5, 5.41) is 9.25. The first-order valence-corrected chi connectivity index (χ1v) is 10.0. The first-order chi connectivity index (χ1) is 14.3. The molecule has 1 unspecified atom stereocenters. The zero-order chi connectivity index (χ0) is 21.4. The predicted molar refractivity (Wildman–Crippen MR) is 112 cm³/mol. The Balaban J connectivity index is 1.55. The van der Waals surface area contributed by atoms with Gasteiger partial charge in [0, 0.05) is 55.7 Å². The van der Waals surface area contributed by atoms with Gasteiger partial charge < -0.3 is 25.8 Å². The summed E-state index contributed by atoms with van der Waals surface area (Å²) in [6.45, 7) is 5.88. The minimum Gasteiger partial charge on any atom is -0.369 e. The molecule has 0 saturated carbocycles. The molecule has 0 radical (unpaired) electrons. The highest BCUT2D eigenvalue weighted by molar-refractivity contribution is 6.32. The van der Waals surface area contributed by atoms with Crippen LogP contribution in [0.3, 0.4) is 0 Å². The molecule has 0 bridgehead atoms. The summed E-state index contributed by atoms with van der Waals surface area (Å²) < 4.78 is 29.4. The normalized spacial score (nSPS) is 21.0. The molecule has 1 saturated heterocycles. The van der Waals surface area contributed by atoms with Crippen molar-refractivity contribution in [3.8, 4) is 0 Å². The molecule has 1 amide bonds. The molecule has 3 aliphatic heterocycles. The van der Waals surface area contributed by atoms with Crippen LogP contribution in [-0.2, 0) is 0 Å². The smallest absolute Gasteiger partial charge is 0.261 e. The van der Waals surface area contributed by atoms with Crippen LogP contribution < -0.4 is 20.9 Å². The number of carbonyl (C=O) groups is 1. The molecule has 1 atom stereocenters. The molecule has 30 heavy (non-hydrogen) atoms. The van der Waals surface area contributed by atoms with Crippen molar-refractivity contribution in [1.29, 1.82) is 0 Å². The maximum absolute atomic E-state index is 14.7. The monoisotopic (exact) mass is 433 g/mol. The van der Waals surface area contributed by atoms with Crippen molar-refractivity contribution in [2.24, 2.45) is 0 Å². The molecular formula is C21H22ClF2N5O. The zero-order valence-corrected chi connectivity index (χ0v) is 17.4. The van der Waals surface area contributed by atoms with Crippen molar-refractivity contribution >= 4 is 23.2 Å². The van der Waals surface area contributed by atoms with Crippen LogP contribution >= 0.6 is 11.6 Å². The second kappa shape index (κ2) is 8.12. The topological polar surface area (TPSA) is 59.6 Å². The molecule has 0 spiro atoms. The molecule has 158 valence electrons. The summed E-state index contributed by atoms with van der Waals surface area (Å²) in [5.41, 5.74) is 1.70. The van der Waals surface area contributed by atoms with E-state index >= 15 is 0 Å². The average molecular weight is 434 g/mol. The van der Waals surface area contributed by atoms with Gasteiger partial charge in [0.25, 0.3) is 5.91 Å². The quantitative estimate of drug-likeness (QED) is 0.684. The van der Waals surface area contributed by atoms with Crippen molar-refractivity contribution in [3.63, 3.8) is 0 Å². The minimum atomic E-state index is -0.904. The van der Waals surface area contributed by atoms with Crippen LogP contribution in [0.5, 0.6) is 0 Å². The second-order valence-electron chi connectivity index (χ2n) is 7.51. The third-order valence-corrected chi connectivity index (χ3v) is 5.40. The van der Waals surface area contributed by atoms with E-state index in [1.807, 2.05) is 18.7 Å². The molecule has 1 fully saturated rings. The number of halogens is 3. The predicted octanol–water partition coefficient (Wildman–Crippen LogP) is 3.08. The Labute approximate surface area is 178 Å². The number of piperazine rings is 1. The first-order valence-electron chi connectivity index (χ1n) is 9.63. The van der Waals surface area contributed by atoms with Crippen LogP contribution in [0.15, 0.2) is 58.9 Å². The molecule has 3 aliphatic rings. The third-order valence-electron chi connectivity index (χ3n) is 5.10. The van der Waals surface area contributed by atoms with E-state index in [1.165, 1.54) is 18.2 Å². The molecule has 3 N–H and O–H groups in total. The average Bonchev–Trinajstić information content (AvgIpc) is 2.67. The van der Waals surface area contributed by atoms with Gasteiger partial charge >= 0.3 is 0 Å². The Morgan fingerprint density at radius 3 is 2.70 bits per heavy atom. The Kier molecular flexibility index (Phi) is 5.53. The number of carbonyl (C=O) groups excluding carboxylic acids is 1. The van der Waals surface area contributed by atoms with E-state index in [4.69, 9.17) is 11.6 Å². The summed E-state index contributed by atoms with van der Waals surface area (Å²) in [6.07, 6.45) is 6.69. The zero-order valence-electron chi connectivity index (χ0n) is 16.6. The van der Waals surface area contributed by atoms with E-state index in [1.54, 1.807) is 23.5 Å². The molecule has 0 aliphatic carbocycles. The van der Waals surface area contributed by atoms with Gasteiger partial charge in [-0.15, -0.1) is 0 Å². The molecule has 1 aromatic rings. The summed E-state index contributed by atoms with van der Waals surface area (Å²) in [7, 11) is 0. The van der Waals surface area contributed by atoms with Crippen LogP contribution in [-0.4, -0.2) is 36.5 Å². The van der Waals surface area contributed by atoms with Gasteiger partial charge in [-0.05, 0) is 32.1 Å². The van der Waals surface area contributed by atoms with Crippen molar-refractivity contribution in [2.75, 3.05) is 24.5 Å². The van der Waals surface area contributed by atoms with Crippen LogP contribution in [0.1, 0.15) is 24.2 Å². The maximum Gasteiger partial charge on any atom is 0.261 e. The van der Waals surface area contributed by atoms with Gasteiger partial charge in [-0.2, -0.15) is 0 Å². The van der Waals surface area contributed by atoms with Crippen LogP contribution in [0.4, 0.5) is 14.5 Å². The number of benzene rings is 1. The number of nitrogens with zero attached hydrogens (tertiary/aromatic N) is 2. The number of rotatable bonds is 3. The summed E-state index contributed by atoms with van der Waals surface area (Å²) in [6, 6.07) is 2.62. The van der Waals surface area contributed by atoms with Crippen molar-refractivity contribution in [3.05, 3.63) is 76.1 Å². The molecule has 3 heterocycles. The molecule has 9 heteroatoms. The molecule has 4 rings (SSSR count). The van der Waals surface area contributed by atoms with E-state index in [0.717, 1.165) is 12.2 Å². The Hall–Kier alpha value is -2.84. The number of fused-ring (bicyclic) bond motifs is 1. The van der Waals surface area contributed by atoms with Gasteiger partial charge in [-0.25, -0.2) is 8.78 Å². The Morgan fingerprint density at radius 2 is 2.00 bits per heavy atom. The van der Waals surface area contributed by atoms with Gasteiger partial charge in [0.05, 0.1) is 16.4 Å². The first kappa shape index (κ1) is 20.4. The maximum atomic E-state index is 14.7. The van der Waals surface area contributed by atoms with E-state index < -0.39 is 23.1 Å². The fourth-order valence-electron chi connectivity index (χ4n) is 3.66. The lowest BCUT2D eigenvalue weighted by atomic mass is 10.1. The van der Waals surface area contributed by atoms with Gasteiger partial charge in [-0.1, -0.05) is 11.6 Å². The van der Waals surface area contributed by atoms with Crippen LogP contribution in [0.25, 0.3) is 0 Å². The number of allylic oxidation sites excluding steroid dienone is 3. The van der Waals surface area contributed by atoms with Gasteiger partial charge in [0.15, 0.2) is 0 Å². The lowest BCUT2D eigenvalue weighted by Gasteiger charge is -2.33. The number of hydrogen-bond donors (Lipinski definition) is 3. The van der Waals surface area contributed by atoms with E-state index in [9.17, 15) is 13.6 Å². The Morgan fingerprint density at radius 1 is 1.27 bits per heavy atom. The van der Waals surface area contributed by atoms with Gasteiger partial charge in [0.2, 0.25) is 0 Å². The number of hydrogen-bond acceptors (Lipinski definition) is 5. The largest absolute Gasteiger partial charge is 0.369 e. The van der Waals surface area contributed by atoms with Crippen LogP contribution in [0, 0.1) is 11.6 Å². The molecular weight excluding hydrogens is 412 g/mol. The number of amides is 1. The molecule has 6 nitrogen and oxygen atoms in total. The van der Waals surface area contributed by atoms with Crippen molar-refractivity contribution < 1.29 is 13.6 Å². The van der Waals surface area contributed by atoms with E-state index in [-0.39, 0.29) is 6.04 Å². The SMILES string of the molecule is CC1=CN2C=C(NC(=O)c3c(F)cc(N4CCNC(C)C4)cc3F)C=C(Cl)C2=CN1. The Bertz CT molecular complexity index is 994. The van der Waals surface area contributed by atoms with Gasteiger partial charge in [0.1, 0.15) is 17.2 Å². The highest BCUT2D eigenvalue weighted by atomic mass is 35.5. The summed E-state index contributed by atoms with van der Waals surface area (Å²) in [5.74, 6) is -2.68. The highest BCUT2D eigenvalue weighted by Crippen LogP contribution is 2.29. The molecule has 1 aromatic carbocycles. The third kappa shape index (κ3) is 4.06. The van der Waals surface area contributed by atoms with Crippen LogP contribution in [0.2, 0.25) is 0 Å². The lowest BCUT2D eigenvalue weighted by Crippen LogP contribution is -2.49. The fraction of sp³-hybridized carbons (Fsp3) is 0.286. The second-order valence-corrected chi connectivity index (χ2v) is 7.92. The number of nitrogens with one attached hydrogen (secondary N) is 3. The van der Waals surface area contributed by atoms with E-state index in [0.29, 0.717) is 35.2 Å². The highest BCUT2D eigenvalue weighted by Gasteiger charge is 2.25. The van der Waals surface area contributed by atoms with Crippen molar-refractivity contribution in [1.82, 2.24) is 20.9 Å². The molecule has 0 aromatic heterocycles. The lowest BCUT2D eigenvalue weighted by molar-refractivity contribution is 0.0958. The summed E-state index contributed by atoms with van der Waals surface area (Å²) in [4.78, 5) is 16.3. The minimum absolute atomic E-state index is 0.212. The van der Waals surface area contributed by atoms with E-state index in [2.05, 4.69) is 16.0 Å². The number of anilines is 1. The summed E-state index contributed by atoms with van der Waals surface area (Å²) >= 11 is 6.27. The standard InChI is InChI=1S/C21H22ClF2N5O/c1-12-9-28(4-3-25-12)15-6-17(23)20(18(24)7-15)21(30)27-14-5-16(22)19-8-26-13(2)10-29(19)11-14/h5-8,10-12,25-26H,3-4,9H2,1-2H3,(H,27,30). The fourth-order valence-corrected chi connectivity index (χ4v) is 3.93. The van der Waals surface area contributed by atoms with Crippen molar-refractivity contribution in [2.45, 2.75) is 19.9 Å². The van der Waals surface area contributed by atoms with Gasteiger partial charge in [-0.3, -0.25) is 4.79 Å².